The highest BCUT2D eigenvalue weighted by Gasteiger charge is 2.55. The van der Waals surface area contributed by atoms with Gasteiger partial charge in [0.25, 0.3) is 0 Å². The van der Waals surface area contributed by atoms with E-state index >= 15 is 0 Å². The Hall–Kier alpha value is -1.10. The lowest BCUT2D eigenvalue weighted by atomic mass is 9.85. The van der Waals surface area contributed by atoms with Crippen LogP contribution in [0.2, 0.25) is 19.1 Å². The van der Waals surface area contributed by atoms with Crippen LogP contribution in [0.4, 0.5) is 0 Å². The average Bonchev–Trinajstić information content (AvgIpc) is 3.00. The largest absolute Gasteiger partial charge is 0.468 e. The number of carbonyl (C=O) groups excluding carboxylic acids is 2. The van der Waals surface area contributed by atoms with Gasteiger partial charge in [0.2, 0.25) is 0 Å². The van der Waals surface area contributed by atoms with Crippen LogP contribution >= 0.6 is 0 Å². The number of unbranched alkanes of at least 4 members (excludes halogenated alkanes) is 5. The zero-order valence-electron chi connectivity index (χ0n) is 18.6. The third-order valence-corrected chi connectivity index (χ3v) is 10.5. The lowest BCUT2D eigenvalue weighted by Gasteiger charge is -2.27. The van der Waals surface area contributed by atoms with Gasteiger partial charge in [-0.3, -0.25) is 9.59 Å². The molecule has 1 saturated carbocycles. The van der Waals surface area contributed by atoms with Gasteiger partial charge in [-0.15, -0.1) is 0 Å². The smallest absolute Gasteiger partial charge is 0.323 e. The second-order valence-corrected chi connectivity index (χ2v) is 13.9. The average molecular weight is 397 g/mol. The number of carbonyl (C=O) groups is 2. The van der Waals surface area contributed by atoms with E-state index in [0.717, 1.165) is 0 Å². The van der Waals surface area contributed by atoms with Crippen LogP contribution in [0, 0.1) is 11.3 Å². The molecule has 0 aromatic rings. The maximum absolute atomic E-state index is 12.5. The fourth-order valence-electron chi connectivity index (χ4n) is 4.47. The van der Waals surface area contributed by atoms with Crippen LogP contribution in [0.5, 0.6) is 0 Å². The quantitative estimate of drug-likeness (QED) is 0.206. The summed E-state index contributed by atoms with van der Waals surface area (Å²) in [5, 5.41) is 1.46. The van der Waals surface area contributed by atoms with Gasteiger partial charge < -0.3 is 9.47 Å². The molecule has 27 heavy (non-hydrogen) atoms. The first-order chi connectivity index (χ1) is 12.7. The number of rotatable bonds is 10. The Kier molecular flexibility index (Phi) is 9.26. The molecule has 1 fully saturated rings. The summed E-state index contributed by atoms with van der Waals surface area (Å²) in [7, 11) is 1.14. The highest BCUT2D eigenvalue weighted by atomic mass is 28.3. The summed E-state index contributed by atoms with van der Waals surface area (Å²) >= 11 is 0. The molecule has 0 bridgehead atoms. The van der Waals surface area contributed by atoms with Crippen LogP contribution in [-0.4, -0.2) is 34.2 Å². The van der Waals surface area contributed by atoms with E-state index in [1.165, 1.54) is 69.6 Å². The summed E-state index contributed by atoms with van der Waals surface area (Å²) in [6.45, 7) is 11.5. The third-order valence-electron chi connectivity index (χ3n) is 6.55. The van der Waals surface area contributed by atoms with Crippen LogP contribution in [0.3, 0.4) is 0 Å². The van der Waals surface area contributed by atoms with Crippen molar-refractivity contribution in [1.29, 1.82) is 0 Å². The molecule has 0 aromatic heterocycles. The minimum Gasteiger partial charge on any atom is -0.468 e. The molecule has 1 rings (SSSR count). The predicted octanol–water partition coefficient (Wildman–Crippen LogP) is 5.67. The Bertz CT molecular complexity index is 535. The normalized spacial score (nSPS) is 21.1. The molecule has 5 heteroatoms. The Morgan fingerprint density at radius 2 is 1.56 bits per heavy atom. The molecule has 0 heterocycles. The molecule has 1 aliphatic carbocycles. The van der Waals surface area contributed by atoms with E-state index in [2.05, 4.69) is 33.9 Å². The van der Waals surface area contributed by atoms with E-state index in [-0.39, 0.29) is 5.92 Å². The van der Waals surface area contributed by atoms with Gasteiger partial charge in [-0.25, -0.2) is 0 Å². The fourth-order valence-corrected chi connectivity index (χ4v) is 7.19. The Balaban J connectivity index is 2.92. The monoisotopic (exact) mass is 396 g/mol. The Morgan fingerprint density at radius 1 is 1.04 bits per heavy atom. The fraction of sp³-hybridized carbons (Fsp3) is 0.818. The highest BCUT2D eigenvalue weighted by Crippen LogP contribution is 2.49. The minimum absolute atomic E-state index is 0.208. The summed E-state index contributed by atoms with van der Waals surface area (Å²) in [5.41, 5.74) is 0.123. The van der Waals surface area contributed by atoms with Crippen LogP contribution in [0.25, 0.3) is 0 Å². The van der Waals surface area contributed by atoms with Crippen molar-refractivity contribution in [3.8, 4) is 0 Å². The van der Waals surface area contributed by atoms with Crippen molar-refractivity contribution in [2.24, 2.45) is 11.3 Å². The minimum atomic E-state index is -1.56. The number of ether oxygens (including phenoxy) is 2. The maximum Gasteiger partial charge on any atom is 0.323 e. The summed E-state index contributed by atoms with van der Waals surface area (Å²) in [6, 6.07) is 1.27. The number of esters is 2. The van der Waals surface area contributed by atoms with Gasteiger partial charge in [0.05, 0.1) is 22.3 Å². The lowest BCUT2D eigenvalue weighted by Crippen LogP contribution is -2.39. The summed E-state index contributed by atoms with van der Waals surface area (Å²) in [4.78, 5) is 24.9. The van der Waals surface area contributed by atoms with E-state index in [9.17, 15) is 9.59 Å². The third kappa shape index (κ3) is 5.69. The molecule has 1 unspecified atom stereocenters. The van der Waals surface area contributed by atoms with Gasteiger partial charge >= 0.3 is 11.9 Å². The molecule has 1 aliphatic rings. The zero-order valence-corrected chi connectivity index (χ0v) is 19.6. The van der Waals surface area contributed by atoms with E-state index < -0.39 is 25.4 Å². The molecule has 0 saturated heterocycles. The first-order valence-electron chi connectivity index (χ1n) is 10.5. The van der Waals surface area contributed by atoms with Crippen molar-refractivity contribution in [2.75, 3.05) is 14.2 Å². The van der Waals surface area contributed by atoms with Gasteiger partial charge in [0.15, 0.2) is 5.41 Å². The highest BCUT2D eigenvalue weighted by molar-refractivity contribution is 6.84. The molecule has 156 valence electrons. The molecular weight excluding hydrogens is 356 g/mol. The van der Waals surface area contributed by atoms with Crippen molar-refractivity contribution in [2.45, 2.75) is 91.3 Å². The van der Waals surface area contributed by atoms with Crippen molar-refractivity contribution in [3.05, 3.63) is 10.8 Å². The van der Waals surface area contributed by atoms with Crippen molar-refractivity contribution in [1.82, 2.24) is 0 Å². The van der Waals surface area contributed by atoms with E-state index in [4.69, 9.17) is 9.47 Å². The molecule has 1 atom stereocenters. The Labute approximate surface area is 167 Å². The number of hydrogen-bond acceptors (Lipinski definition) is 4. The SMILES string of the molecule is CCCCCCCC[Si](C)(C)/C(C)=C1/CC(C(=O)OC)(C(=O)OC)CC1C. The summed E-state index contributed by atoms with van der Waals surface area (Å²) < 4.78 is 9.97. The second kappa shape index (κ2) is 10.4. The number of allylic oxidation sites excluding steroid dienone is 2. The van der Waals surface area contributed by atoms with Crippen LogP contribution < -0.4 is 0 Å². The standard InChI is InChI=1S/C22H40O4Si/c1-8-9-10-11-12-13-14-27(6,7)18(3)19-16-22(15-17(19)2,20(23)25-4)21(24)26-5/h17H,8-16H2,1-7H3/b19-18-. The van der Waals surface area contributed by atoms with Crippen molar-refractivity contribution >= 4 is 20.0 Å². The zero-order chi connectivity index (χ0) is 20.7. The summed E-state index contributed by atoms with van der Waals surface area (Å²) in [6.07, 6.45) is 8.82. The maximum atomic E-state index is 12.5. The Morgan fingerprint density at radius 3 is 2.07 bits per heavy atom. The predicted molar refractivity (Wildman–Crippen MR) is 113 cm³/mol. The summed E-state index contributed by atoms with van der Waals surface area (Å²) in [5.74, 6) is -0.710. The molecule has 0 N–H and O–H groups in total. The lowest BCUT2D eigenvalue weighted by molar-refractivity contribution is -0.168. The molecule has 0 aromatic carbocycles. The van der Waals surface area contributed by atoms with Crippen LogP contribution in [0.1, 0.15) is 72.1 Å². The number of methoxy groups -OCH3 is 2. The van der Waals surface area contributed by atoms with E-state index in [1.54, 1.807) is 0 Å². The van der Waals surface area contributed by atoms with Gasteiger partial charge in [0, 0.05) is 0 Å². The second-order valence-electron chi connectivity index (χ2n) is 8.90. The molecule has 4 nitrogen and oxygen atoms in total. The van der Waals surface area contributed by atoms with Gasteiger partial charge in [0.1, 0.15) is 0 Å². The first kappa shape index (κ1) is 23.9. The van der Waals surface area contributed by atoms with Crippen molar-refractivity contribution in [3.63, 3.8) is 0 Å². The number of hydrogen-bond donors (Lipinski definition) is 0. The van der Waals surface area contributed by atoms with Gasteiger partial charge in [-0.05, 0) is 25.7 Å². The molecule has 0 aliphatic heterocycles. The molecule has 0 amide bonds. The molecule has 0 radical (unpaired) electrons. The first-order valence-corrected chi connectivity index (χ1v) is 13.7. The van der Waals surface area contributed by atoms with Crippen molar-refractivity contribution < 1.29 is 19.1 Å². The van der Waals surface area contributed by atoms with Crippen LogP contribution in [-0.2, 0) is 19.1 Å². The molecule has 0 spiro atoms. The topological polar surface area (TPSA) is 52.6 Å². The van der Waals surface area contributed by atoms with E-state index in [0.29, 0.717) is 12.8 Å². The van der Waals surface area contributed by atoms with Gasteiger partial charge in [-0.1, -0.05) is 82.3 Å². The van der Waals surface area contributed by atoms with E-state index in [1.807, 2.05) is 0 Å². The molecular formula is C22H40O4Si. The van der Waals surface area contributed by atoms with Gasteiger partial charge in [-0.2, -0.15) is 0 Å². The van der Waals surface area contributed by atoms with Crippen LogP contribution in [0.15, 0.2) is 10.8 Å².